The monoisotopic (exact) mass is 484 g/mol. The van der Waals surface area contributed by atoms with Crippen LogP contribution in [0.2, 0.25) is 0 Å². The maximum Gasteiger partial charge on any atom is 0.343 e. The van der Waals surface area contributed by atoms with E-state index >= 15 is 0 Å². The van der Waals surface area contributed by atoms with E-state index in [0.29, 0.717) is 22.4 Å². The SMILES string of the molecule is C=CC(=O)CC#Cc1ccc(-c2ccc(C(=O)Oc3ccc(OCOC(=O)C=C)cc3)cc2)c(F)c1. The van der Waals surface area contributed by atoms with E-state index in [1.54, 1.807) is 36.4 Å². The number of esters is 2. The first-order valence-corrected chi connectivity index (χ1v) is 10.7. The maximum absolute atomic E-state index is 14.6. The highest BCUT2D eigenvalue weighted by atomic mass is 19.1. The van der Waals surface area contributed by atoms with Gasteiger partial charge in [0, 0.05) is 17.2 Å². The van der Waals surface area contributed by atoms with Gasteiger partial charge in [-0.2, -0.15) is 0 Å². The summed E-state index contributed by atoms with van der Waals surface area (Å²) in [7, 11) is 0. The first-order chi connectivity index (χ1) is 17.4. The van der Waals surface area contributed by atoms with Crippen LogP contribution in [0.3, 0.4) is 0 Å². The number of benzene rings is 3. The van der Waals surface area contributed by atoms with Crippen LogP contribution in [0.5, 0.6) is 11.5 Å². The number of rotatable bonds is 9. The van der Waals surface area contributed by atoms with Crippen LogP contribution in [-0.4, -0.2) is 24.5 Å². The molecule has 0 bridgehead atoms. The molecule has 3 rings (SSSR count). The lowest BCUT2D eigenvalue weighted by Gasteiger charge is -2.08. The van der Waals surface area contributed by atoms with Crippen LogP contribution in [-0.2, 0) is 14.3 Å². The van der Waals surface area contributed by atoms with E-state index in [4.69, 9.17) is 14.2 Å². The molecule has 3 aromatic rings. The van der Waals surface area contributed by atoms with Crippen molar-refractivity contribution in [3.63, 3.8) is 0 Å². The van der Waals surface area contributed by atoms with Gasteiger partial charge in [0.25, 0.3) is 0 Å². The zero-order valence-corrected chi connectivity index (χ0v) is 19.2. The molecule has 0 heterocycles. The number of carbonyl (C=O) groups excluding carboxylic acids is 3. The van der Waals surface area contributed by atoms with Crippen LogP contribution in [0.4, 0.5) is 4.39 Å². The Morgan fingerprint density at radius 1 is 0.889 bits per heavy atom. The smallest absolute Gasteiger partial charge is 0.343 e. The molecule has 0 saturated carbocycles. The summed E-state index contributed by atoms with van der Waals surface area (Å²) in [4.78, 5) is 34.7. The second kappa shape index (κ2) is 12.5. The molecule has 0 fully saturated rings. The van der Waals surface area contributed by atoms with E-state index in [0.717, 1.165) is 6.08 Å². The van der Waals surface area contributed by atoms with Crippen LogP contribution < -0.4 is 9.47 Å². The molecule has 0 aromatic heterocycles. The Hall–Kier alpha value is -4.96. The summed E-state index contributed by atoms with van der Waals surface area (Å²) in [6.45, 7) is 6.38. The third-order valence-corrected chi connectivity index (χ3v) is 4.75. The second-order valence-corrected chi connectivity index (χ2v) is 7.21. The van der Waals surface area contributed by atoms with Crippen molar-refractivity contribution in [3.05, 3.63) is 109 Å². The largest absolute Gasteiger partial charge is 0.457 e. The molecule has 7 heteroatoms. The van der Waals surface area contributed by atoms with Gasteiger partial charge in [0.2, 0.25) is 6.79 Å². The molecule has 0 aliphatic rings. The Labute approximate surface area is 207 Å². The highest BCUT2D eigenvalue weighted by Gasteiger charge is 2.11. The van der Waals surface area contributed by atoms with E-state index < -0.39 is 17.8 Å². The van der Waals surface area contributed by atoms with Crippen molar-refractivity contribution in [3.8, 4) is 34.5 Å². The zero-order valence-electron chi connectivity index (χ0n) is 19.2. The standard InChI is InChI=1S/C29H21FO6/c1-3-23(31)7-5-6-20-8-17-26(27(30)18-20)21-9-11-22(12-10-21)29(33)36-25-15-13-24(14-16-25)34-19-35-28(32)4-2/h3-4,8-18H,1-2,7,19H2. The van der Waals surface area contributed by atoms with Gasteiger partial charge in [-0.25, -0.2) is 14.0 Å². The fraction of sp³-hybridized carbons (Fsp3) is 0.0690. The topological polar surface area (TPSA) is 78.9 Å². The summed E-state index contributed by atoms with van der Waals surface area (Å²) >= 11 is 0. The van der Waals surface area contributed by atoms with Gasteiger partial charge in [-0.05, 0) is 60.2 Å². The van der Waals surface area contributed by atoms with Crippen LogP contribution in [0.25, 0.3) is 11.1 Å². The summed E-state index contributed by atoms with van der Waals surface area (Å²) in [6.07, 6.45) is 2.24. The van der Waals surface area contributed by atoms with Crippen LogP contribution >= 0.6 is 0 Å². The Morgan fingerprint density at radius 3 is 2.22 bits per heavy atom. The molecule has 0 saturated heterocycles. The Balaban J connectivity index is 1.60. The van der Waals surface area contributed by atoms with E-state index in [1.165, 1.54) is 36.4 Å². The molecule has 0 aliphatic heterocycles. The molecule has 0 spiro atoms. The first kappa shape index (κ1) is 25.7. The number of halogens is 1. The molecule has 0 amide bonds. The minimum Gasteiger partial charge on any atom is -0.457 e. The Morgan fingerprint density at radius 2 is 1.58 bits per heavy atom. The van der Waals surface area contributed by atoms with Gasteiger partial charge in [0.15, 0.2) is 5.78 Å². The average molecular weight is 484 g/mol. The van der Waals surface area contributed by atoms with Crippen molar-refractivity contribution < 1.29 is 33.0 Å². The van der Waals surface area contributed by atoms with Crippen molar-refractivity contribution >= 4 is 17.7 Å². The number of hydrogen-bond donors (Lipinski definition) is 0. The first-order valence-electron chi connectivity index (χ1n) is 10.7. The Bertz CT molecular complexity index is 1350. The summed E-state index contributed by atoms with van der Waals surface area (Å²) in [5.74, 6) is 4.26. The minimum absolute atomic E-state index is 0.0234. The highest BCUT2D eigenvalue weighted by Crippen LogP contribution is 2.25. The molecule has 0 radical (unpaired) electrons. The van der Waals surface area contributed by atoms with E-state index in [-0.39, 0.29) is 30.3 Å². The Kier molecular flexibility index (Phi) is 8.90. The van der Waals surface area contributed by atoms with E-state index in [1.807, 2.05) is 0 Å². The van der Waals surface area contributed by atoms with E-state index in [9.17, 15) is 18.8 Å². The lowest BCUT2D eigenvalue weighted by molar-refractivity contribution is -0.144. The van der Waals surface area contributed by atoms with Crippen molar-refractivity contribution in [2.24, 2.45) is 0 Å². The number of carbonyl (C=O) groups is 3. The molecule has 3 aromatic carbocycles. The molecule has 0 aliphatic carbocycles. The third kappa shape index (κ3) is 7.27. The predicted molar refractivity (Wildman–Crippen MR) is 132 cm³/mol. The van der Waals surface area contributed by atoms with Crippen molar-refractivity contribution in [1.29, 1.82) is 0 Å². The normalized spacial score (nSPS) is 9.81. The predicted octanol–water partition coefficient (Wildman–Crippen LogP) is 5.27. The molecule has 0 N–H and O–H groups in total. The summed E-state index contributed by atoms with van der Waals surface area (Å²) in [6, 6.07) is 17.0. The van der Waals surface area contributed by atoms with Crippen LogP contribution in [0.1, 0.15) is 22.3 Å². The molecular formula is C29H21FO6. The van der Waals surface area contributed by atoms with Crippen molar-refractivity contribution in [2.45, 2.75) is 6.42 Å². The molecular weight excluding hydrogens is 463 g/mol. The molecule has 180 valence electrons. The molecule has 36 heavy (non-hydrogen) atoms. The zero-order chi connectivity index (χ0) is 25.9. The number of allylic oxidation sites excluding steroid dienone is 1. The lowest BCUT2D eigenvalue weighted by Crippen LogP contribution is -2.09. The van der Waals surface area contributed by atoms with Crippen molar-refractivity contribution in [2.75, 3.05) is 6.79 Å². The molecule has 6 nitrogen and oxygen atoms in total. The number of ether oxygens (including phenoxy) is 3. The number of ketones is 1. The third-order valence-electron chi connectivity index (χ3n) is 4.75. The summed E-state index contributed by atoms with van der Waals surface area (Å²) < 4.78 is 29.9. The van der Waals surface area contributed by atoms with Gasteiger partial charge >= 0.3 is 11.9 Å². The summed E-state index contributed by atoms with van der Waals surface area (Å²) in [5.41, 5.74) is 1.65. The number of hydrogen-bond acceptors (Lipinski definition) is 6. The van der Waals surface area contributed by atoms with Gasteiger partial charge in [-0.1, -0.05) is 43.2 Å². The van der Waals surface area contributed by atoms with Gasteiger partial charge < -0.3 is 14.2 Å². The second-order valence-electron chi connectivity index (χ2n) is 7.21. The lowest BCUT2D eigenvalue weighted by atomic mass is 10.0. The van der Waals surface area contributed by atoms with Crippen LogP contribution in [0, 0.1) is 17.7 Å². The van der Waals surface area contributed by atoms with Gasteiger partial charge in [-0.15, -0.1) is 0 Å². The van der Waals surface area contributed by atoms with E-state index in [2.05, 4.69) is 25.0 Å². The minimum atomic E-state index is -0.603. The van der Waals surface area contributed by atoms with Crippen molar-refractivity contribution in [1.82, 2.24) is 0 Å². The van der Waals surface area contributed by atoms with Gasteiger partial charge in [0.1, 0.15) is 17.3 Å². The quantitative estimate of drug-likeness (QED) is 0.135. The fourth-order valence-electron chi connectivity index (χ4n) is 2.90. The van der Waals surface area contributed by atoms with Crippen LogP contribution in [0.15, 0.2) is 92.0 Å². The highest BCUT2D eigenvalue weighted by molar-refractivity contribution is 5.92. The van der Waals surface area contributed by atoms with Gasteiger partial charge in [0.05, 0.1) is 12.0 Å². The fourth-order valence-corrected chi connectivity index (χ4v) is 2.90. The molecule has 0 unspecified atom stereocenters. The average Bonchev–Trinajstić information content (AvgIpc) is 2.89. The summed E-state index contributed by atoms with van der Waals surface area (Å²) in [5, 5.41) is 0. The van der Waals surface area contributed by atoms with Gasteiger partial charge in [-0.3, -0.25) is 4.79 Å². The molecule has 0 atom stereocenters. The maximum atomic E-state index is 14.6.